The Morgan fingerprint density at radius 2 is 2.24 bits per heavy atom. The van der Waals surface area contributed by atoms with Crippen molar-refractivity contribution in [2.24, 2.45) is 0 Å². The van der Waals surface area contributed by atoms with Crippen LogP contribution in [0.5, 0.6) is 0 Å². The monoisotopic (exact) mass is 247 g/mol. The van der Waals surface area contributed by atoms with Gasteiger partial charge in [0.1, 0.15) is 16.5 Å². The number of nitrogens with one attached hydrogen (secondary N) is 1. The third-order valence-corrected chi connectivity index (χ3v) is 3.46. The minimum Gasteiger partial charge on any atom is -0.389 e. The zero-order valence-electron chi connectivity index (χ0n) is 9.12. The van der Waals surface area contributed by atoms with Gasteiger partial charge in [-0.25, -0.2) is 9.37 Å². The van der Waals surface area contributed by atoms with Crippen molar-refractivity contribution >= 4 is 27.2 Å². The fraction of sp³-hybridized carbons (Fsp3) is 0.0833. The molecule has 0 unspecified atom stereocenters. The molecule has 86 valence electrons. The van der Waals surface area contributed by atoms with E-state index >= 15 is 0 Å². The highest BCUT2D eigenvalue weighted by Crippen LogP contribution is 2.34. The van der Waals surface area contributed by atoms with E-state index in [0.29, 0.717) is 5.00 Å². The van der Waals surface area contributed by atoms with Gasteiger partial charge in [0.2, 0.25) is 0 Å². The molecule has 2 heterocycles. The van der Waals surface area contributed by atoms with Crippen molar-refractivity contribution in [3.05, 3.63) is 35.2 Å². The quantitative estimate of drug-likeness (QED) is 0.693. The molecule has 0 radical (unpaired) electrons. The Hall–Kier alpha value is -1.88. The number of rotatable bonds is 1. The molecule has 5 heteroatoms. The minimum absolute atomic E-state index is 0.256. The summed E-state index contributed by atoms with van der Waals surface area (Å²) in [5, 5.41) is 2.55. The van der Waals surface area contributed by atoms with Gasteiger partial charge in [-0.1, -0.05) is 0 Å². The number of aryl methyl sites for hydroxylation is 1. The first-order valence-corrected chi connectivity index (χ1v) is 5.96. The fourth-order valence-corrected chi connectivity index (χ4v) is 2.64. The van der Waals surface area contributed by atoms with E-state index in [1.54, 1.807) is 6.07 Å². The number of aromatic nitrogens is 2. The highest BCUT2D eigenvalue weighted by atomic mass is 32.1. The summed E-state index contributed by atoms with van der Waals surface area (Å²) in [6.07, 6.45) is 1.81. The van der Waals surface area contributed by atoms with Crippen molar-refractivity contribution in [1.82, 2.24) is 9.97 Å². The van der Waals surface area contributed by atoms with Gasteiger partial charge < -0.3 is 10.7 Å². The molecule has 3 rings (SSSR count). The van der Waals surface area contributed by atoms with Crippen LogP contribution in [-0.4, -0.2) is 9.97 Å². The van der Waals surface area contributed by atoms with Gasteiger partial charge in [-0.2, -0.15) is 0 Å². The summed E-state index contributed by atoms with van der Waals surface area (Å²) >= 11 is 1.46. The van der Waals surface area contributed by atoms with Gasteiger partial charge in [0.25, 0.3) is 0 Å². The zero-order chi connectivity index (χ0) is 12.0. The van der Waals surface area contributed by atoms with E-state index in [-0.39, 0.29) is 5.82 Å². The molecule has 2 aromatic heterocycles. The number of hydrogen-bond donors (Lipinski definition) is 2. The molecule has 3 aromatic rings. The van der Waals surface area contributed by atoms with Crippen LogP contribution in [0, 0.1) is 12.7 Å². The summed E-state index contributed by atoms with van der Waals surface area (Å²) in [6, 6.07) is 4.65. The number of nitrogen functional groups attached to an aromatic ring is 1. The maximum Gasteiger partial charge on any atom is 0.125 e. The third kappa shape index (κ3) is 1.59. The molecule has 0 amide bonds. The van der Waals surface area contributed by atoms with Gasteiger partial charge in [0.05, 0.1) is 5.01 Å². The van der Waals surface area contributed by atoms with E-state index in [1.807, 2.05) is 13.1 Å². The highest BCUT2D eigenvalue weighted by molar-refractivity contribution is 7.16. The number of halogens is 1. The van der Waals surface area contributed by atoms with Gasteiger partial charge >= 0.3 is 0 Å². The molecule has 3 nitrogen and oxygen atoms in total. The molecule has 0 atom stereocenters. The highest BCUT2D eigenvalue weighted by Gasteiger charge is 2.13. The van der Waals surface area contributed by atoms with Crippen LogP contribution in [0.2, 0.25) is 0 Å². The number of hydrogen-bond acceptors (Lipinski definition) is 3. The average molecular weight is 247 g/mol. The summed E-state index contributed by atoms with van der Waals surface area (Å²) in [4.78, 5) is 7.44. The summed E-state index contributed by atoms with van der Waals surface area (Å²) < 4.78 is 13.1. The van der Waals surface area contributed by atoms with Gasteiger partial charge in [-0.05, 0) is 25.1 Å². The van der Waals surface area contributed by atoms with Crippen molar-refractivity contribution in [2.45, 2.75) is 6.92 Å². The number of nitrogens with two attached hydrogens (primary N) is 1. The van der Waals surface area contributed by atoms with Gasteiger partial charge in [-0.15, -0.1) is 11.3 Å². The van der Waals surface area contributed by atoms with Crippen LogP contribution < -0.4 is 5.73 Å². The predicted octanol–water partition coefficient (Wildman–Crippen LogP) is 3.32. The van der Waals surface area contributed by atoms with Crippen LogP contribution in [0.25, 0.3) is 22.2 Å². The largest absolute Gasteiger partial charge is 0.389 e. The Bertz CT molecular complexity index is 699. The second kappa shape index (κ2) is 3.56. The first-order chi connectivity index (χ1) is 8.15. The molecule has 17 heavy (non-hydrogen) atoms. The maximum absolute atomic E-state index is 13.1. The van der Waals surface area contributed by atoms with Gasteiger partial charge in [0, 0.05) is 22.7 Å². The van der Waals surface area contributed by atoms with Crippen molar-refractivity contribution in [3.8, 4) is 11.3 Å². The number of benzene rings is 1. The maximum atomic E-state index is 13.1. The summed E-state index contributed by atoms with van der Waals surface area (Å²) in [5.74, 6) is -0.256. The predicted molar refractivity (Wildman–Crippen MR) is 68.5 cm³/mol. The van der Waals surface area contributed by atoms with E-state index in [2.05, 4.69) is 9.97 Å². The van der Waals surface area contributed by atoms with Crippen molar-refractivity contribution < 1.29 is 4.39 Å². The molecule has 0 saturated carbocycles. The van der Waals surface area contributed by atoms with Crippen LogP contribution in [0.4, 0.5) is 9.39 Å². The van der Waals surface area contributed by atoms with Crippen LogP contribution in [0.3, 0.4) is 0 Å². The topological polar surface area (TPSA) is 54.7 Å². The fourth-order valence-electron chi connectivity index (χ4n) is 1.93. The number of H-pyrrole nitrogens is 1. The van der Waals surface area contributed by atoms with Crippen LogP contribution >= 0.6 is 11.3 Å². The van der Waals surface area contributed by atoms with Gasteiger partial charge in [0.15, 0.2) is 0 Å². The van der Waals surface area contributed by atoms with E-state index in [4.69, 9.17) is 5.73 Å². The van der Waals surface area contributed by atoms with E-state index < -0.39 is 0 Å². The van der Waals surface area contributed by atoms with E-state index in [9.17, 15) is 4.39 Å². The number of anilines is 1. The molecule has 3 N–H and O–H groups in total. The molecular formula is C12H10FN3S. The Morgan fingerprint density at radius 1 is 1.41 bits per heavy atom. The van der Waals surface area contributed by atoms with Crippen molar-refractivity contribution in [3.63, 3.8) is 0 Å². The Labute approximate surface area is 101 Å². The lowest BCUT2D eigenvalue weighted by atomic mass is 10.1. The summed E-state index contributed by atoms with van der Waals surface area (Å²) in [5.41, 5.74) is 8.36. The number of aromatic amines is 1. The van der Waals surface area contributed by atoms with Crippen LogP contribution in [0.1, 0.15) is 5.01 Å². The van der Waals surface area contributed by atoms with Crippen LogP contribution in [-0.2, 0) is 0 Å². The number of nitrogens with zero attached hydrogens (tertiary/aromatic N) is 1. The Morgan fingerprint density at radius 3 is 2.94 bits per heavy atom. The second-order valence-corrected chi connectivity index (χ2v) is 5.07. The molecule has 0 aliphatic carbocycles. The normalized spacial score (nSPS) is 11.2. The lowest BCUT2D eigenvalue weighted by Gasteiger charge is -1.96. The lowest BCUT2D eigenvalue weighted by molar-refractivity contribution is 0.629. The number of fused-ring (bicyclic) bond motifs is 1. The second-order valence-electron chi connectivity index (χ2n) is 3.84. The number of thiazole rings is 1. The molecule has 0 aliphatic rings. The smallest absolute Gasteiger partial charge is 0.125 e. The molecule has 0 saturated heterocycles. The van der Waals surface area contributed by atoms with E-state index in [1.165, 1.54) is 23.5 Å². The molecule has 0 fully saturated rings. The molecule has 1 aromatic carbocycles. The van der Waals surface area contributed by atoms with Crippen LogP contribution in [0.15, 0.2) is 24.4 Å². The molecule has 0 spiro atoms. The Balaban J connectivity index is 2.28. The average Bonchev–Trinajstić information content (AvgIpc) is 2.81. The van der Waals surface area contributed by atoms with Crippen molar-refractivity contribution in [1.29, 1.82) is 0 Å². The Kier molecular flexibility index (Phi) is 2.16. The first kappa shape index (κ1) is 10.3. The minimum atomic E-state index is -0.256. The van der Waals surface area contributed by atoms with Crippen molar-refractivity contribution in [2.75, 3.05) is 5.73 Å². The molecule has 0 bridgehead atoms. The standard InChI is InChI=1S/C12H10FN3S/c1-6-16-11(12(14)17-6)9-5-15-10-4-7(13)2-3-8(9)10/h2-5,15H,14H2,1H3. The summed E-state index contributed by atoms with van der Waals surface area (Å²) in [6.45, 7) is 1.92. The van der Waals surface area contributed by atoms with Gasteiger partial charge in [-0.3, -0.25) is 0 Å². The van der Waals surface area contributed by atoms with E-state index in [0.717, 1.165) is 27.2 Å². The first-order valence-electron chi connectivity index (χ1n) is 5.15. The third-order valence-electron chi connectivity index (χ3n) is 2.66. The SMILES string of the molecule is Cc1nc(-c2c[nH]c3cc(F)ccc23)c(N)s1. The summed E-state index contributed by atoms with van der Waals surface area (Å²) in [7, 11) is 0. The molecular weight excluding hydrogens is 237 g/mol. The molecule has 0 aliphatic heterocycles. The lowest BCUT2D eigenvalue weighted by Crippen LogP contribution is -1.84. The zero-order valence-corrected chi connectivity index (χ0v) is 9.94.